The lowest BCUT2D eigenvalue weighted by Gasteiger charge is -2.16. The fourth-order valence-electron chi connectivity index (χ4n) is 2.27. The zero-order chi connectivity index (χ0) is 19.5. The number of carbonyl (C=O) groups excluding carboxylic acids is 3. The molecule has 0 saturated carbocycles. The summed E-state index contributed by atoms with van der Waals surface area (Å²) in [6.45, 7) is 0.227. The molecule has 1 aromatic heterocycles. The number of amides is 2. The number of benzene rings is 1. The third-order valence-electron chi connectivity index (χ3n) is 3.63. The smallest absolute Gasteiger partial charge is 0.407 e. The summed E-state index contributed by atoms with van der Waals surface area (Å²) in [5, 5.41) is 5.08. The molecule has 0 fully saturated rings. The van der Waals surface area contributed by atoms with Gasteiger partial charge in [0.25, 0.3) is 0 Å². The molecule has 2 aromatic rings. The van der Waals surface area contributed by atoms with Gasteiger partial charge in [0, 0.05) is 31.3 Å². The lowest BCUT2D eigenvalue weighted by molar-refractivity contribution is -0.145. The Kier molecular flexibility index (Phi) is 7.83. The van der Waals surface area contributed by atoms with Crippen molar-refractivity contribution >= 4 is 18.0 Å². The Morgan fingerprint density at radius 1 is 1.22 bits per heavy atom. The van der Waals surface area contributed by atoms with Gasteiger partial charge in [-0.05, 0) is 5.56 Å². The predicted molar refractivity (Wildman–Crippen MR) is 95.5 cm³/mol. The standard InChI is InChI=1S/C18H22N4O5/c1-26-17(24)15(9-14-10-19-12-21-14)22-16(23)7-8-20-18(25)27-11-13-5-3-2-4-6-13/h2-6,10,12,15H,7-9,11H2,1H3,(H,19,21)(H,20,25)(H,22,23)/t15-/m0/s1. The minimum Gasteiger partial charge on any atom is -0.467 e. The van der Waals surface area contributed by atoms with E-state index >= 15 is 0 Å². The largest absolute Gasteiger partial charge is 0.467 e. The van der Waals surface area contributed by atoms with E-state index in [2.05, 4.69) is 20.6 Å². The quantitative estimate of drug-likeness (QED) is 0.561. The summed E-state index contributed by atoms with van der Waals surface area (Å²) in [7, 11) is 1.25. The lowest BCUT2D eigenvalue weighted by Crippen LogP contribution is -2.44. The van der Waals surface area contributed by atoms with Crippen molar-refractivity contribution in [1.29, 1.82) is 0 Å². The van der Waals surface area contributed by atoms with Gasteiger partial charge in [0.1, 0.15) is 12.6 Å². The molecule has 0 aliphatic carbocycles. The van der Waals surface area contributed by atoms with Gasteiger partial charge in [0.05, 0.1) is 13.4 Å². The molecule has 9 heteroatoms. The molecule has 0 saturated heterocycles. The maximum atomic E-state index is 12.0. The van der Waals surface area contributed by atoms with Crippen molar-refractivity contribution in [2.24, 2.45) is 0 Å². The average Bonchev–Trinajstić information content (AvgIpc) is 3.19. The van der Waals surface area contributed by atoms with E-state index in [0.29, 0.717) is 5.69 Å². The van der Waals surface area contributed by atoms with E-state index in [1.807, 2.05) is 30.3 Å². The Morgan fingerprint density at radius 2 is 2.00 bits per heavy atom. The van der Waals surface area contributed by atoms with Crippen molar-refractivity contribution in [2.45, 2.75) is 25.5 Å². The molecule has 144 valence electrons. The molecule has 0 radical (unpaired) electrons. The van der Waals surface area contributed by atoms with E-state index in [4.69, 9.17) is 9.47 Å². The number of nitrogens with zero attached hydrogens (tertiary/aromatic N) is 1. The van der Waals surface area contributed by atoms with Gasteiger partial charge in [0.15, 0.2) is 0 Å². The molecule has 0 aliphatic heterocycles. The summed E-state index contributed by atoms with van der Waals surface area (Å²) in [6.07, 6.45) is 2.65. The molecule has 1 heterocycles. The van der Waals surface area contributed by atoms with Gasteiger partial charge in [-0.15, -0.1) is 0 Å². The van der Waals surface area contributed by atoms with Crippen LogP contribution in [0.15, 0.2) is 42.9 Å². The molecule has 2 rings (SSSR count). The first kappa shape index (κ1) is 20.0. The summed E-state index contributed by atoms with van der Waals surface area (Å²) in [5.74, 6) is -0.957. The number of carbonyl (C=O) groups is 3. The second-order valence-electron chi connectivity index (χ2n) is 5.66. The molecule has 27 heavy (non-hydrogen) atoms. The number of esters is 1. The van der Waals surface area contributed by atoms with Crippen molar-refractivity contribution < 1.29 is 23.9 Å². The van der Waals surface area contributed by atoms with Gasteiger partial charge in [-0.2, -0.15) is 0 Å². The Morgan fingerprint density at radius 3 is 2.67 bits per heavy atom. The van der Waals surface area contributed by atoms with Crippen molar-refractivity contribution in [3.8, 4) is 0 Å². The molecule has 1 aromatic carbocycles. The van der Waals surface area contributed by atoms with Crippen LogP contribution in [0.1, 0.15) is 17.7 Å². The third kappa shape index (κ3) is 7.18. The van der Waals surface area contributed by atoms with E-state index in [1.165, 1.54) is 13.4 Å². The van der Waals surface area contributed by atoms with E-state index in [1.54, 1.807) is 6.20 Å². The van der Waals surface area contributed by atoms with Crippen LogP contribution < -0.4 is 10.6 Å². The topological polar surface area (TPSA) is 122 Å². The van der Waals surface area contributed by atoms with Gasteiger partial charge < -0.3 is 25.1 Å². The van der Waals surface area contributed by atoms with Crippen molar-refractivity contribution in [1.82, 2.24) is 20.6 Å². The Labute approximate surface area is 156 Å². The zero-order valence-electron chi connectivity index (χ0n) is 14.9. The van der Waals surface area contributed by atoms with Gasteiger partial charge in [-0.1, -0.05) is 30.3 Å². The summed E-state index contributed by atoms with van der Waals surface area (Å²) in [5.41, 5.74) is 1.55. The highest BCUT2D eigenvalue weighted by atomic mass is 16.5. The van der Waals surface area contributed by atoms with Crippen molar-refractivity contribution in [2.75, 3.05) is 13.7 Å². The van der Waals surface area contributed by atoms with E-state index in [0.717, 1.165) is 5.56 Å². The first-order chi connectivity index (χ1) is 13.1. The van der Waals surface area contributed by atoms with Crippen LogP contribution in [0.2, 0.25) is 0 Å². The fraction of sp³-hybridized carbons (Fsp3) is 0.333. The SMILES string of the molecule is COC(=O)[C@H](Cc1cnc[nH]1)NC(=O)CCNC(=O)OCc1ccccc1. The number of methoxy groups -OCH3 is 1. The Bertz CT molecular complexity index is 733. The first-order valence-corrected chi connectivity index (χ1v) is 8.37. The number of ether oxygens (including phenoxy) is 2. The van der Waals surface area contributed by atoms with E-state index in [-0.39, 0.29) is 26.0 Å². The number of imidazole rings is 1. The van der Waals surface area contributed by atoms with Crippen LogP contribution in [0.5, 0.6) is 0 Å². The van der Waals surface area contributed by atoms with Gasteiger partial charge in [0.2, 0.25) is 5.91 Å². The highest BCUT2D eigenvalue weighted by Gasteiger charge is 2.22. The number of aromatic nitrogens is 2. The molecule has 0 aliphatic rings. The normalized spacial score (nSPS) is 11.3. The first-order valence-electron chi connectivity index (χ1n) is 8.37. The van der Waals surface area contributed by atoms with Gasteiger partial charge in [-0.3, -0.25) is 4.79 Å². The lowest BCUT2D eigenvalue weighted by atomic mass is 10.1. The van der Waals surface area contributed by atoms with Crippen LogP contribution >= 0.6 is 0 Å². The third-order valence-corrected chi connectivity index (χ3v) is 3.63. The second kappa shape index (κ2) is 10.6. The summed E-state index contributed by atoms with van der Waals surface area (Å²) in [4.78, 5) is 42.2. The molecule has 0 unspecified atom stereocenters. The van der Waals surface area contributed by atoms with Crippen LogP contribution in [0, 0.1) is 0 Å². The molecular weight excluding hydrogens is 352 g/mol. The Hall–Kier alpha value is -3.36. The van der Waals surface area contributed by atoms with Gasteiger partial charge >= 0.3 is 12.1 Å². The number of hydrogen-bond donors (Lipinski definition) is 3. The summed E-state index contributed by atoms with van der Waals surface area (Å²) >= 11 is 0. The van der Waals surface area contributed by atoms with Crippen molar-refractivity contribution in [3.05, 3.63) is 54.1 Å². The van der Waals surface area contributed by atoms with E-state index in [9.17, 15) is 14.4 Å². The number of H-pyrrole nitrogens is 1. The van der Waals surface area contributed by atoms with Crippen molar-refractivity contribution in [3.63, 3.8) is 0 Å². The summed E-state index contributed by atoms with van der Waals surface area (Å²) in [6, 6.07) is 8.41. The van der Waals surface area contributed by atoms with E-state index < -0.39 is 24.0 Å². The minimum atomic E-state index is -0.840. The number of nitrogens with one attached hydrogen (secondary N) is 3. The van der Waals surface area contributed by atoms with Crippen LogP contribution in [-0.4, -0.2) is 47.6 Å². The second-order valence-corrected chi connectivity index (χ2v) is 5.66. The summed E-state index contributed by atoms with van der Waals surface area (Å²) < 4.78 is 9.75. The molecule has 9 nitrogen and oxygen atoms in total. The monoisotopic (exact) mass is 374 g/mol. The average molecular weight is 374 g/mol. The fourth-order valence-corrected chi connectivity index (χ4v) is 2.27. The molecule has 2 amide bonds. The molecule has 0 bridgehead atoms. The van der Waals surface area contributed by atoms with Crippen LogP contribution in [0.25, 0.3) is 0 Å². The van der Waals surface area contributed by atoms with Crippen LogP contribution in [-0.2, 0) is 32.1 Å². The predicted octanol–water partition coefficient (Wildman–Crippen LogP) is 0.927. The molecule has 0 spiro atoms. The maximum Gasteiger partial charge on any atom is 0.407 e. The number of aromatic amines is 1. The highest BCUT2D eigenvalue weighted by molar-refractivity contribution is 5.84. The zero-order valence-corrected chi connectivity index (χ0v) is 14.9. The van der Waals surface area contributed by atoms with Crippen LogP contribution in [0.3, 0.4) is 0 Å². The molecule has 3 N–H and O–H groups in total. The highest BCUT2D eigenvalue weighted by Crippen LogP contribution is 2.02. The Balaban J connectivity index is 1.70. The maximum absolute atomic E-state index is 12.0. The number of hydrogen-bond acceptors (Lipinski definition) is 6. The number of rotatable bonds is 9. The van der Waals surface area contributed by atoms with Gasteiger partial charge in [-0.25, -0.2) is 14.6 Å². The number of alkyl carbamates (subject to hydrolysis) is 1. The minimum absolute atomic E-state index is 0.00307. The molecule has 1 atom stereocenters. The molecular formula is C18H22N4O5. The van der Waals surface area contributed by atoms with Crippen LogP contribution in [0.4, 0.5) is 4.79 Å².